The Kier molecular flexibility index (Phi) is 6.57. The van der Waals surface area contributed by atoms with Crippen molar-refractivity contribution in [1.29, 1.82) is 0 Å². The third-order valence-electron chi connectivity index (χ3n) is 4.02. The summed E-state index contributed by atoms with van der Waals surface area (Å²) in [7, 11) is 0. The zero-order valence-electron chi connectivity index (χ0n) is 16.6. The Bertz CT molecular complexity index is 974. The lowest BCUT2D eigenvalue weighted by molar-refractivity contribution is 0.0587. The predicted molar refractivity (Wildman–Crippen MR) is 109 cm³/mol. The second kappa shape index (κ2) is 9.30. The molecule has 0 fully saturated rings. The van der Waals surface area contributed by atoms with E-state index in [9.17, 15) is 9.18 Å². The summed E-state index contributed by atoms with van der Waals surface area (Å²) in [6, 6.07) is 16.5. The fourth-order valence-corrected chi connectivity index (χ4v) is 2.68. The molecule has 0 bridgehead atoms. The van der Waals surface area contributed by atoms with Crippen LogP contribution in [0.5, 0.6) is 5.75 Å². The summed E-state index contributed by atoms with van der Waals surface area (Å²) in [5.41, 5.74) is 1.90. The third-order valence-corrected chi connectivity index (χ3v) is 4.02. The number of rotatable bonds is 7. The van der Waals surface area contributed by atoms with Gasteiger partial charge in [0.1, 0.15) is 18.2 Å². The highest BCUT2D eigenvalue weighted by molar-refractivity contribution is 6.06. The molecule has 3 rings (SSSR count). The van der Waals surface area contributed by atoms with Gasteiger partial charge in [0.15, 0.2) is 5.82 Å². The average Bonchev–Trinajstić information content (AvgIpc) is 2.69. The minimum atomic E-state index is -0.422. The molecule has 3 aromatic rings. The Labute approximate surface area is 169 Å². The van der Waals surface area contributed by atoms with Crippen molar-refractivity contribution in [2.45, 2.75) is 33.5 Å². The van der Waals surface area contributed by atoms with Crippen LogP contribution in [0.1, 0.15) is 35.3 Å². The van der Waals surface area contributed by atoms with Gasteiger partial charge in [-0.05, 0) is 62.2 Å². The van der Waals surface area contributed by atoms with Gasteiger partial charge in [-0.25, -0.2) is 9.37 Å². The van der Waals surface area contributed by atoms with E-state index in [1.807, 2.05) is 26.8 Å². The maximum absolute atomic E-state index is 13.5. The summed E-state index contributed by atoms with van der Waals surface area (Å²) in [5.74, 6) is -0.00237. The predicted octanol–water partition coefficient (Wildman–Crippen LogP) is 5.09. The van der Waals surface area contributed by atoms with Gasteiger partial charge in [-0.3, -0.25) is 9.63 Å². The first-order valence-electron chi connectivity index (χ1n) is 9.34. The van der Waals surface area contributed by atoms with E-state index in [4.69, 9.17) is 9.57 Å². The fraction of sp³-hybridized carbons (Fsp3) is 0.217. The molecular formula is C23H23FN2O3. The first-order valence-corrected chi connectivity index (χ1v) is 9.34. The van der Waals surface area contributed by atoms with Crippen LogP contribution in [0.2, 0.25) is 0 Å². The molecule has 0 saturated heterocycles. The molecule has 0 N–H and O–H groups in total. The van der Waals surface area contributed by atoms with Crippen LogP contribution in [-0.2, 0) is 11.4 Å². The maximum Gasteiger partial charge on any atom is 0.287 e. The van der Waals surface area contributed by atoms with Crippen molar-refractivity contribution in [3.05, 3.63) is 89.4 Å². The second-order valence-electron chi connectivity index (χ2n) is 6.86. The van der Waals surface area contributed by atoms with Crippen LogP contribution in [0.3, 0.4) is 0 Å². The summed E-state index contributed by atoms with van der Waals surface area (Å²) in [5, 5.41) is 1.12. The number of para-hydroxylation sites is 1. The Morgan fingerprint density at radius 1 is 1.10 bits per heavy atom. The van der Waals surface area contributed by atoms with Gasteiger partial charge < -0.3 is 4.74 Å². The molecule has 0 radical (unpaired) electrons. The highest BCUT2D eigenvalue weighted by Gasteiger charge is 2.24. The van der Waals surface area contributed by atoms with E-state index in [1.165, 1.54) is 12.1 Å². The van der Waals surface area contributed by atoms with E-state index in [1.54, 1.807) is 48.7 Å². The number of carbonyl (C=O) groups excluding carboxylic acids is 1. The maximum atomic E-state index is 13.5. The number of halogens is 1. The number of carbonyl (C=O) groups is 1. The van der Waals surface area contributed by atoms with Crippen molar-refractivity contribution >= 4 is 11.7 Å². The largest absolute Gasteiger partial charge is 0.490 e. The lowest BCUT2D eigenvalue weighted by Crippen LogP contribution is -2.32. The van der Waals surface area contributed by atoms with E-state index in [2.05, 4.69) is 4.98 Å². The minimum absolute atomic E-state index is 0.00621. The number of hydrogen-bond donors (Lipinski definition) is 0. The second-order valence-corrected chi connectivity index (χ2v) is 6.86. The molecule has 2 aromatic carbocycles. The number of anilines is 1. The molecule has 1 heterocycles. The number of amides is 1. The molecule has 0 aliphatic carbocycles. The Balaban J connectivity index is 1.92. The molecule has 29 heavy (non-hydrogen) atoms. The van der Waals surface area contributed by atoms with Crippen LogP contribution < -0.4 is 9.80 Å². The highest BCUT2D eigenvalue weighted by Crippen LogP contribution is 2.24. The van der Waals surface area contributed by atoms with Crippen LogP contribution in [0.25, 0.3) is 0 Å². The number of nitrogens with zero attached hydrogens (tertiary/aromatic N) is 2. The molecular weight excluding hydrogens is 371 g/mol. The molecule has 1 amide bonds. The van der Waals surface area contributed by atoms with Crippen molar-refractivity contribution in [2.24, 2.45) is 0 Å². The van der Waals surface area contributed by atoms with Crippen molar-refractivity contribution < 1.29 is 18.8 Å². The van der Waals surface area contributed by atoms with E-state index < -0.39 is 5.91 Å². The van der Waals surface area contributed by atoms with Crippen LogP contribution in [0.4, 0.5) is 10.2 Å². The molecule has 0 spiro atoms. The summed E-state index contributed by atoms with van der Waals surface area (Å²) in [6.45, 7) is 5.69. The summed E-state index contributed by atoms with van der Waals surface area (Å²) < 4.78 is 19.3. The van der Waals surface area contributed by atoms with Gasteiger partial charge in [-0.2, -0.15) is 5.06 Å². The Hall–Kier alpha value is -3.25. The summed E-state index contributed by atoms with van der Waals surface area (Å²) in [4.78, 5) is 23.4. The molecule has 0 atom stereocenters. The number of aryl methyl sites for hydroxylation is 1. The fourth-order valence-electron chi connectivity index (χ4n) is 2.68. The topological polar surface area (TPSA) is 51.7 Å². The van der Waals surface area contributed by atoms with Gasteiger partial charge in [0, 0.05) is 6.20 Å². The first kappa shape index (κ1) is 20.5. The van der Waals surface area contributed by atoms with Crippen molar-refractivity contribution in [3.8, 4) is 5.75 Å². The van der Waals surface area contributed by atoms with Crippen LogP contribution in [-0.4, -0.2) is 17.0 Å². The van der Waals surface area contributed by atoms with Gasteiger partial charge in [0.05, 0.1) is 11.7 Å². The molecule has 1 aromatic heterocycles. The summed E-state index contributed by atoms with van der Waals surface area (Å²) >= 11 is 0. The molecule has 5 nitrogen and oxygen atoms in total. The van der Waals surface area contributed by atoms with Gasteiger partial charge in [0.25, 0.3) is 5.91 Å². The zero-order chi connectivity index (χ0) is 20.8. The van der Waals surface area contributed by atoms with E-state index >= 15 is 0 Å². The Morgan fingerprint density at radius 2 is 1.90 bits per heavy atom. The van der Waals surface area contributed by atoms with Crippen LogP contribution in [0, 0.1) is 12.7 Å². The normalized spacial score (nSPS) is 10.8. The lowest BCUT2D eigenvalue weighted by Gasteiger charge is -2.23. The van der Waals surface area contributed by atoms with Crippen molar-refractivity contribution in [1.82, 2.24) is 4.98 Å². The first-order chi connectivity index (χ1) is 13.9. The Morgan fingerprint density at radius 3 is 2.59 bits per heavy atom. The van der Waals surface area contributed by atoms with Gasteiger partial charge in [-0.1, -0.05) is 30.3 Å². The van der Waals surface area contributed by atoms with Gasteiger partial charge in [0.2, 0.25) is 0 Å². The van der Waals surface area contributed by atoms with Gasteiger partial charge >= 0.3 is 0 Å². The molecule has 0 aliphatic heterocycles. The minimum Gasteiger partial charge on any atom is -0.490 e. The van der Waals surface area contributed by atoms with E-state index in [-0.39, 0.29) is 18.5 Å². The monoisotopic (exact) mass is 394 g/mol. The molecule has 0 aliphatic rings. The van der Waals surface area contributed by atoms with Crippen LogP contribution in [0.15, 0.2) is 66.9 Å². The smallest absolute Gasteiger partial charge is 0.287 e. The number of hydrogen-bond acceptors (Lipinski definition) is 4. The number of pyridine rings is 1. The zero-order valence-corrected chi connectivity index (χ0v) is 16.6. The SMILES string of the molecule is Cc1ccc(N(OCc2cccc(F)c2)C(=O)c2ccccc2OC(C)C)nc1. The molecule has 150 valence electrons. The number of aromatic nitrogens is 1. The molecule has 0 saturated carbocycles. The van der Waals surface area contributed by atoms with E-state index in [0.717, 1.165) is 10.6 Å². The van der Waals surface area contributed by atoms with Gasteiger partial charge in [-0.15, -0.1) is 0 Å². The molecule has 0 unspecified atom stereocenters. The summed E-state index contributed by atoms with van der Waals surface area (Å²) in [6.07, 6.45) is 1.56. The quantitative estimate of drug-likeness (QED) is 0.524. The number of benzene rings is 2. The number of hydroxylamine groups is 1. The standard InChI is InChI=1S/C23H23FN2O3/c1-16(2)29-21-10-5-4-9-20(21)23(27)26(22-12-11-17(3)14-25-22)28-15-18-7-6-8-19(24)13-18/h4-14,16H,15H2,1-3H3. The lowest BCUT2D eigenvalue weighted by atomic mass is 10.2. The molecule has 6 heteroatoms. The third kappa shape index (κ3) is 5.39. The highest BCUT2D eigenvalue weighted by atomic mass is 19.1. The average molecular weight is 394 g/mol. The van der Waals surface area contributed by atoms with Crippen LogP contribution >= 0.6 is 0 Å². The van der Waals surface area contributed by atoms with Crippen molar-refractivity contribution in [3.63, 3.8) is 0 Å². The van der Waals surface area contributed by atoms with Crippen molar-refractivity contribution in [2.75, 3.05) is 5.06 Å². The van der Waals surface area contributed by atoms with E-state index in [0.29, 0.717) is 22.7 Å². The number of ether oxygens (including phenoxy) is 1.